The van der Waals surface area contributed by atoms with Crippen molar-refractivity contribution < 1.29 is 14.1 Å². The molecule has 2 aliphatic rings. The summed E-state index contributed by atoms with van der Waals surface area (Å²) < 4.78 is 11.0. The van der Waals surface area contributed by atoms with Crippen molar-refractivity contribution in [3.8, 4) is 0 Å². The van der Waals surface area contributed by atoms with Crippen molar-refractivity contribution in [2.24, 2.45) is 5.41 Å². The van der Waals surface area contributed by atoms with E-state index in [1.165, 1.54) is 0 Å². The quantitative estimate of drug-likeness (QED) is 0.868. The molecule has 138 valence electrons. The number of hydrogen-bond acceptors (Lipinski definition) is 5. The number of amides is 2. The fourth-order valence-corrected chi connectivity index (χ4v) is 4.06. The lowest BCUT2D eigenvalue weighted by Crippen LogP contribution is -2.38. The van der Waals surface area contributed by atoms with Crippen molar-refractivity contribution in [1.82, 2.24) is 15.0 Å². The van der Waals surface area contributed by atoms with Crippen molar-refractivity contribution >= 4 is 23.3 Å². The van der Waals surface area contributed by atoms with E-state index in [-0.39, 0.29) is 17.4 Å². The number of aromatic nitrogens is 2. The van der Waals surface area contributed by atoms with E-state index in [9.17, 15) is 4.79 Å². The summed E-state index contributed by atoms with van der Waals surface area (Å²) in [5, 5.41) is 7.51. The highest BCUT2D eigenvalue weighted by molar-refractivity contribution is 6.30. The molecule has 2 saturated heterocycles. The van der Waals surface area contributed by atoms with E-state index in [4.69, 9.17) is 20.9 Å². The highest BCUT2D eigenvalue weighted by atomic mass is 35.5. The Balaban J connectivity index is 1.54. The fraction of sp³-hybridized carbons (Fsp3) is 0.500. The average molecular weight is 377 g/mol. The van der Waals surface area contributed by atoms with Crippen molar-refractivity contribution in [3.05, 3.63) is 41.0 Å². The first-order chi connectivity index (χ1) is 12.6. The monoisotopic (exact) mass is 376 g/mol. The van der Waals surface area contributed by atoms with Crippen LogP contribution in [0.25, 0.3) is 0 Å². The van der Waals surface area contributed by atoms with Gasteiger partial charge in [-0.05, 0) is 44.0 Å². The molecule has 0 aliphatic carbocycles. The highest BCUT2D eigenvalue weighted by Crippen LogP contribution is 2.49. The van der Waals surface area contributed by atoms with Crippen LogP contribution in [0, 0.1) is 12.3 Å². The SMILES string of the molecule is Cc1noc(C2CN(C(=O)Nc3ccc(Cl)cc3)CC23CCOCC3)n1. The van der Waals surface area contributed by atoms with Crippen LogP contribution in [-0.4, -0.2) is 47.4 Å². The third-order valence-electron chi connectivity index (χ3n) is 5.36. The van der Waals surface area contributed by atoms with Gasteiger partial charge in [0, 0.05) is 42.4 Å². The van der Waals surface area contributed by atoms with E-state index in [1.807, 2.05) is 11.8 Å². The minimum atomic E-state index is -0.128. The second-order valence-corrected chi connectivity index (χ2v) is 7.46. The Kier molecular flexibility index (Phi) is 4.58. The van der Waals surface area contributed by atoms with E-state index >= 15 is 0 Å². The van der Waals surface area contributed by atoms with Crippen molar-refractivity contribution in [3.63, 3.8) is 0 Å². The van der Waals surface area contributed by atoms with E-state index in [2.05, 4.69) is 15.5 Å². The predicted molar refractivity (Wildman–Crippen MR) is 96.3 cm³/mol. The van der Waals surface area contributed by atoms with E-state index in [1.54, 1.807) is 24.3 Å². The molecular weight excluding hydrogens is 356 g/mol. The number of anilines is 1. The number of benzene rings is 1. The van der Waals surface area contributed by atoms with E-state index in [0.29, 0.717) is 43.0 Å². The summed E-state index contributed by atoms with van der Waals surface area (Å²) in [7, 11) is 0. The number of hydrogen-bond donors (Lipinski definition) is 1. The highest BCUT2D eigenvalue weighted by Gasteiger charge is 2.51. The first-order valence-electron chi connectivity index (χ1n) is 8.75. The molecule has 4 rings (SSSR count). The van der Waals surface area contributed by atoms with E-state index < -0.39 is 0 Å². The third kappa shape index (κ3) is 3.29. The number of halogens is 1. The molecule has 7 nitrogen and oxygen atoms in total. The predicted octanol–water partition coefficient (Wildman–Crippen LogP) is 3.46. The van der Waals surface area contributed by atoms with Gasteiger partial charge in [-0.15, -0.1) is 0 Å². The molecule has 2 fully saturated rings. The Labute approximate surface area is 156 Å². The average Bonchev–Trinajstić information content (AvgIpc) is 3.22. The van der Waals surface area contributed by atoms with Gasteiger partial charge in [-0.2, -0.15) is 4.98 Å². The molecule has 1 atom stereocenters. The number of rotatable bonds is 2. The lowest BCUT2D eigenvalue weighted by Gasteiger charge is -2.36. The molecule has 3 heterocycles. The molecule has 0 bridgehead atoms. The van der Waals surface area contributed by atoms with Crippen LogP contribution in [0.1, 0.15) is 30.5 Å². The summed E-state index contributed by atoms with van der Waals surface area (Å²) in [6.07, 6.45) is 1.76. The van der Waals surface area contributed by atoms with Crippen LogP contribution in [0.4, 0.5) is 10.5 Å². The summed E-state index contributed by atoms with van der Waals surface area (Å²) in [6, 6.07) is 6.96. The van der Waals surface area contributed by atoms with Crippen LogP contribution in [0.15, 0.2) is 28.8 Å². The third-order valence-corrected chi connectivity index (χ3v) is 5.61. The Morgan fingerprint density at radius 3 is 2.69 bits per heavy atom. The van der Waals surface area contributed by atoms with Crippen LogP contribution >= 0.6 is 11.6 Å². The number of nitrogens with one attached hydrogen (secondary N) is 1. The second kappa shape index (κ2) is 6.89. The normalized spacial score (nSPS) is 21.9. The zero-order valence-corrected chi connectivity index (χ0v) is 15.3. The van der Waals surface area contributed by atoms with Crippen molar-refractivity contribution in [1.29, 1.82) is 0 Å². The summed E-state index contributed by atoms with van der Waals surface area (Å²) >= 11 is 5.90. The zero-order chi connectivity index (χ0) is 18.1. The molecule has 2 aliphatic heterocycles. The van der Waals surface area contributed by atoms with Crippen LogP contribution in [0.5, 0.6) is 0 Å². The molecule has 1 aromatic carbocycles. The van der Waals surface area contributed by atoms with Gasteiger partial charge in [0.25, 0.3) is 0 Å². The smallest absolute Gasteiger partial charge is 0.321 e. The fourth-order valence-electron chi connectivity index (χ4n) is 3.94. The summed E-state index contributed by atoms with van der Waals surface area (Å²) in [4.78, 5) is 19.1. The zero-order valence-electron chi connectivity index (χ0n) is 14.6. The van der Waals surface area contributed by atoms with Crippen LogP contribution in [0.2, 0.25) is 5.02 Å². The number of likely N-dealkylation sites (tertiary alicyclic amines) is 1. The van der Waals surface area contributed by atoms with Crippen molar-refractivity contribution in [2.45, 2.75) is 25.7 Å². The van der Waals surface area contributed by atoms with Gasteiger partial charge in [-0.25, -0.2) is 4.79 Å². The molecule has 1 N–H and O–H groups in total. The van der Waals surface area contributed by atoms with Gasteiger partial charge in [-0.1, -0.05) is 16.8 Å². The molecule has 1 spiro atoms. The van der Waals surface area contributed by atoms with Gasteiger partial charge in [0.15, 0.2) is 5.82 Å². The maximum absolute atomic E-state index is 12.8. The first kappa shape index (κ1) is 17.3. The Morgan fingerprint density at radius 2 is 2.04 bits per heavy atom. The van der Waals surface area contributed by atoms with Gasteiger partial charge in [0.1, 0.15) is 0 Å². The van der Waals surface area contributed by atoms with Crippen LogP contribution < -0.4 is 5.32 Å². The summed E-state index contributed by atoms with van der Waals surface area (Å²) in [5.41, 5.74) is 0.645. The molecule has 1 aromatic heterocycles. The molecule has 0 saturated carbocycles. The molecule has 2 aromatic rings. The minimum absolute atomic E-state index is 0.0311. The minimum Gasteiger partial charge on any atom is -0.381 e. The molecule has 2 amide bonds. The molecule has 0 radical (unpaired) electrons. The number of aryl methyl sites for hydroxylation is 1. The largest absolute Gasteiger partial charge is 0.381 e. The maximum atomic E-state index is 12.8. The Bertz CT molecular complexity index is 786. The molecule has 26 heavy (non-hydrogen) atoms. The van der Waals surface area contributed by atoms with Gasteiger partial charge < -0.3 is 19.5 Å². The Morgan fingerprint density at radius 1 is 1.31 bits per heavy atom. The molecule has 8 heteroatoms. The van der Waals surface area contributed by atoms with Gasteiger partial charge in [0.2, 0.25) is 5.89 Å². The Hall–Kier alpha value is -2.12. The lowest BCUT2D eigenvalue weighted by atomic mass is 9.72. The number of nitrogens with zero attached hydrogens (tertiary/aromatic N) is 3. The molecule has 1 unspecified atom stereocenters. The van der Waals surface area contributed by atoms with Gasteiger partial charge in [0.05, 0.1) is 5.92 Å². The number of urea groups is 1. The molecular formula is C18H21ClN4O3. The number of carbonyl (C=O) groups excluding carboxylic acids is 1. The van der Waals surface area contributed by atoms with Crippen LogP contribution in [0.3, 0.4) is 0 Å². The summed E-state index contributed by atoms with van der Waals surface area (Å²) in [6.45, 7) is 4.40. The van der Waals surface area contributed by atoms with Gasteiger partial charge >= 0.3 is 6.03 Å². The van der Waals surface area contributed by atoms with Crippen LogP contribution in [-0.2, 0) is 4.74 Å². The maximum Gasteiger partial charge on any atom is 0.321 e. The summed E-state index contributed by atoms with van der Waals surface area (Å²) in [5.74, 6) is 1.26. The number of ether oxygens (including phenoxy) is 1. The standard InChI is InChI=1S/C18H21ClN4O3/c1-12-20-16(26-22-12)15-10-23(11-18(15)6-8-25-9-7-18)17(24)21-14-4-2-13(19)3-5-14/h2-5,15H,6-11H2,1H3,(H,21,24). The van der Waals surface area contributed by atoms with E-state index in [0.717, 1.165) is 18.5 Å². The first-order valence-corrected chi connectivity index (χ1v) is 9.13. The lowest BCUT2D eigenvalue weighted by molar-refractivity contribution is 0.00959. The van der Waals surface area contributed by atoms with Crippen molar-refractivity contribution in [2.75, 3.05) is 31.6 Å². The number of carbonyl (C=O) groups is 1. The van der Waals surface area contributed by atoms with Gasteiger partial charge in [-0.3, -0.25) is 0 Å². The second-order valence-electron chi connectivity index (χ2n) is 7.02. The topological polar surface area (TPSA) is 80.5 Å².